The fourth-order valence-corrected chi connectivity index (χ4v) is 4.75. The Kier molecular flexibility index (Phi) is 5.02. The maximum Gasteiger partial charge on any atom is 0.240 e. The van der Waals surface area contributed by atoms with Gasteiger partial charge in [0.2, 0.25) is 15.9 Å². The number of hydrogen-bond donors (Lipinski definition) is 1. The molecule has 1 amide bonds. The summed E-state index contributed by atoms with van der Waals surface area (Å²) in [5.74, 6) is 0.150. The molecule has 1 saturated carbocycles. The maximum absolute atomic E-state index is 12.6. The van der Waals surface area contributed by atoms with Crippen LogP contribution in [0.4, 0.5) is 0 Å². The summed E-state index contributed by atoms with van der Waals surface area (Å²) in [7, 11) is -3.42. The highest BCUT2D eigenvalue weighted by Crippen LogP contribution is 2.23. The summed E-state index contributed by atoms with van der Waals surface area (Å²) >= 11 is 0. The molecule has 0 spiro atoms. The van der Waals surface area contributed by atoms with Crippen molar-refractivity contribution >= 4 is 15.9 Å². The molecule has 1 fully saturated rings. The molecule has 2 aromatic carbocycles. The van der Waals surface area contributed by atoms with Gasteiger partial charge in [0.25, 0.3) is 0 Å². The van der Waals surface area contributed by atoms with Crippen LogP contribution in [0.15, 0.2) is 53.4 Å². The lowest BCUT2D eigenvalue weighted by atomic mass is 9.99. The minimum Gasteiger partial charge on any atom is -0.338 e. The van der Waals surface area contributed by atoms with Crippen molar-refractivity contribution in [3.63, 3.8) is 0 Å². The number of amides is 1. The van der Waals surface area contributed by atoms with Crippen LogP contribution in [-0.4, -0.2) is 31.8 Å². The van der Waals surface area contributed by atoms with Gasteiger partial charge in [-0.15, -0.1) is 0 Å². The molecule has 1 aliphatic carbocycles. The topological polar surface area (TPSA) is 66.5 Å². The number of carbonyl (C=O) groups is 1. The van der Waals surface area contributed by atoms with Gasteiger partial charge in [0.05, 0.1) is 4.90 Å². The number of sulfonamides is 1. The average Bonchev–Trinajstić information content (AvgIpc) is 3.49. The zero-order chi connectivity index (χ0) is 18.9. The van der Waals surface area contributed by atoms with Gasteiger partial charge in [-0.05, 0) is 54.5 Å². The van der Waals surface area contributed by atoms with Gasteiger partial charge in [-0.3, -0.25) is 4.79 Å². The lowest BCUT2D eigenvalue weighted by Crippen LogP contribution is -2.36. The molecule has 2 aliphatic rings. The first-order valence-corrected chi connectivity index (χ1v) is 11.0. The molecule has 4 rings (SSSR count). The maximum atomic E-state index is 12.6. The van der Waals surface area contributed by atoms with Crippen molar-refractivity contribution < 1.29 is 13.2 Å². The molecule has 142 valence electrons. The number of hydrogen-bond acceptors (Lipinski definition) is 3. The number of benzene rings is 2. The monoisotopic (exact) mass is 384 g/mol. The Morgan fingerprint density at radius 2 is 1.74 bits per heavy atom. The van der Waals surface area contributed by atoms with Crippen LogP contribution < -0.4 is 4.72 Å². The first-order valence-electron chi connectivity index (χ1n) is 9.47. The van der Waals surface area contributed by atoms with Gasteiger partial charge in [-0.25, -0.2) is 13.1 Å². The normalized spacial score (nSPS) is 16.8. The lowest BCUT2D eigenvalue weighted by molar-refractivity contribution is -0.132. The number of nitrogens with one attached hydrogen (secondary N) is 1. The Bertz CT molecular complexity index is 934. The van der Waals surface area contributed by atoms with E-state index in [1.807, 2.05) is 17.0 Å². The summed E-state index contributed by atoms with van der Waals surface area (Å²) in [5.41, 5.74) is 3.54. The van der Waals surface area contributed by atoms with Gasteiger partial charge < -0.3 is 4.90 Å². The van der Waals surface area contributed by atoms with E-state index in [-0.39, 0.29) is 16.8 Å². The number of fused-ring (bicyclic) bond motifs is 1. The molecule has 0 saturated heterocycles. The molecule has 0 radical (unpaired) electrons. The summed E-state index contributed by atoms with van der Waals surface area (Å²) in [6, 6.07) is 15.2. The van der Waals surface area contributed by atoms with Crippen LogP contribution in [0.25, 0.3) is 0 Å². The predicted molar refractivity (Wildman–Crippen MR) is 104 cm³/mol. The van der Waals surface area contributed by atoms with E-state index in [4.69, 9.17) is 0 Å². The number of aryl methyl sites for hydroxylation is 1. The highest BCUT2D eigenvalue weighted by molar-refractivity contribution is 7.89. The van der Waals surface area contributed by atoms with E-state index in [1.54, 1.807) is 24.3 Å². The van der Waals surface area contributed by atoms with E-state index in [9.17, 15) is 13.2 Å². The van der Waals surface area contributed by atoms with Crippen molar-refractivity contribution in [1.82, 2.24) is 9.62 Å². The van der Waals surface area contributed by atoms with Crippen LogP contribution in [0.3, 0.4) is 0 Å². The molecule has 0 unspecified atom stereocenters. The van der Waals surface area contributed by atoms with Crippen LogP contribution in [0.1, 0.15) is 36.0 Å². The Hall–Kier alpha value is -2.18. The second-order valence-electron chi connectivity index (χ2n) is 7.37. The third-order valence-corrected chi connectivity index (χ3v) is 6.78. The van der Waals surface area contributed by atoms with Crippen molar-refractivity contribution in [1.29, 1.82) is 0 Å². The van der Waals surface area contributed by atoms with E-state index < -0.39 is 10.0 Å². The molecule has 5 nitrogen and oxygen atoms in total. The highest BCUT2D eigenvalue weighted by Gasteiger charge is 2.27. The molecule has 0 bridgehead atoms. The summed E-state index contributed by atoms with van der Waals surface area (Å²) in [6.45, 7) is 1.44. The quantitative estimate of drug-likeness (QED) is 0.833. The van der Waals surface area contributed by atoms with Crippen molar-refractivity contribution in [2.24, 2.45) is 0 Å². The Balaban J connectivity index is 1.33. The van der Waals surface area contributed by atoms with E-state index in [2.05, 4.69) is 16.9 Å². The molecule has 0 atom stereocenters. The summed E-state index contributed by atoms with van der Waals surface area (Å²) in [4.78, 5) is 14.8. The molecule has 0 aromatic heterocycles. The van der Waals surface area contributed by atoms with E-state index in [1.165, 1.54) is 11.1 Å². The molecule has 1 N–H and O–H groups in total. The van der Waals surface area contributed by atoms with Crippen molar-refractivity contribution in [3.05, 3.63) is 65.2 Å². The molecule has 2 aromatic rings. The van der Waals surface area contributed by atoms with Crippen LogP contribution in [0, 0.1) is 0 Å². The number of rotatable bonds is 6. The van der Waals surface area contributed by atoms with Gasteiger partial charge >= 0.3 is 0 Å². The Labute approximate surface area is 160 Å². The SMILES string of the molecule is O=C(CCc1ccc(S(=O)(=O)NC2CC2)cc1)N1CCc2ccccc2C1. The summed E-state index contributed by atoms with van der Waals surface area (Å²) < 4.78 is 27.1. The van der Waals surface area contributed by atoms with E-state index in [0.717, 1.165) is 31.4 Å². The average molecular weight is 385 g/mol. The fraction of sp³-hybridized carbons (Fsp3) is 0.381. The van der Waals surface area contributed by atoms with Gasteiger partial charge in [-0.1, -0.05) is 36.4 Å². The number of carbonyl (C=O) groups excluding carboxylic acids is 1. The molecule has 6 heteroatoms. The van der Waals surface area contributed by atoms with Crippen LogP contribution in [0.5, 0.6) is 0 Å². The van der Waals surface area contributed by atoms with Gasteiger partial charge in [0.1, 0.15) is 0 Å². The second kappa shape index (κ2) is 7.44. The molecule has 1 heterocycles. The van der Waals surface area contributed by atoms with Crippen molar-refractivity contribution in [2.45, 2.75) is 49.6 Å². The smallest absolute Gasteiger partial charge is 0.240 e. The van der Waals surface area contributed by atoms with Crippen molar-refractivity contribution in [2.75, 3.05) is 6.54 Å². The minimum atomic E-state index is -3.42. The first-order chi connectivity index (χ1) is 13.0. The summed E-state index contributed by atoms with van der Waals surface area (Å²) in [6.07, 6.45) is 3.80. The van der Waals surface area contributed by atoms with Crippen LogP contribution in [0.2, 0.25) is 0 Å². The fourth-order valence-electron chi connectivity index (χ4n) is 3.44. The Morgan fingerprint density at radius 3 is 2.44 bits per heavy atom. The summed E-state index contributed by atoms with van der Waals surface area (Å²) in [5, 5.41) is 0. The second-order valence-corrected chi connectivity index (χ2v) is 9.09. The van der Waals surface area contributed by atoms with Gasteiger partial charge in [0.15, 0.2) is 0 Å². The van der Waals surface area contributed by atoms with Gasteiger partial charge in [0, 0.05) is 25.6 Å². The standard InChI is InChI=1S/C21H24N2O3S/c24-21(23-14-13-17-3-1-2-4-18(17)15-23)12-7-16-5-10-20(11-6-16)27(25,26)22-19-8-9-19/h1-6,10-11,19,22H,7-9,12-15H2. The van der Waals surface area contributed by atoms with E-state index >= 15 is 0 Å². The zero-order valence-corrected chi connectivity index (χ0v) is 16.0. The van der Waals surface area contributed by atoms with Crippen molar-refractivity contribution in [3.8, 4) is 0 Å². The third-order valence-electron chi connectivity index (χ3n) is 5.24. The molecule has 1 aliphatic heterocycles. The van der Waals surface area contributed by atoms with Crippen LogP contribution >= 0.6 is 0 Å². The van der Waals surface area contributed by atoms with Gasteiger partial charge in [-0.2, -0.15) is 0 Å². The minimum absolute atomic E-state index is 0.0990. The lowest BCUT2D eigenvalue weighted by Gasteiger charge is -2.29. The van der Waals surface area contributed by atoms with E-state index in [0.29, 0.717) is 19.4 Å². The van der Waals surface area contributed by atoms with Crippen LogP contribution in [-0.2, 0) is 34.2 Å². The largest absolute Gasteiger partial charge is 0.338 e. The molecule has 27 heavy (non-hydrogen) atoms. The first kappa shape index (κ1) is 18.2. The number of nitrogens with zero attached hydrogens (tertiary/aromatic N) is 1. The zero-order valence-electron chi connectivity index (χ0n) is 15.2. The third kappa shape index (κ3) is 4.39. The highest BCUT2D eigenvalue weighted by atomic mass is 32.2. The Morgan fingerprint density at radius 1 is 1.04 bits per heavy atom. The predicted octanol–water partition coefficient (Wildman–Crippen LogP) is 2.64. The molecular formula is C21H24N2O3S. The molecular weight excluding hydrogens is 360 g/mol.